The van der Waals surface area contributed by atoms with E-state index in [1.807, 2.05) is 11.8 Å². The Bertz CT molecular complexity index is 242. The second-order valence-electron chi connectivity index (χ2n) is 4.58. The van der Waals surface area contributed by atoms with Crippen LogP contribution in [0, 0.1) is 5.92 Å². The summed E-state index contributed by atoms with van der Waals surface area (Å²) in [7, 11) is 0. The van der Waals surface area contributed by atoms with E-state index in [1.165, 1.54) is 0 Å². The van der Waals surface area contributed by atoms with Crippen LogP contribution in [0.2, 0.25) is 0 Å². The molecule has 0 spiro atoms. The quantitative estimate of drug-likeness (QED) is 0.720. The summed E-state index contributed by atoms with van der Waals surface area (Å²) in [6, 6.07) is 0. The Morgan fingerprint density at radius 3 is 2.31 bits per heavy atom. The van der Waals surface area contributed by atoms with Crippen LogP contribution in [0.25, 0.3) is 0 Å². The van der Waals surface area contributed by atoms with Gasteiger partial charge in [-0.15, -0.1) is 0 Å². The summed E-state index contributed by atoms with van der Waals surface area (Å²) in [4.78, 5) is 25.2. The number of ketones is 1. The van der Waals surface area contributed by atoms with Gasteiger partial charge in [-0.1, -0.05) is 20.3 Å². The van der Waals surface area contributed by atoms with Gasteiger partial charge < -0.3 is 4.90 Å². The fraction of sp³-hybridized carbons (Fsp3) is 0.846. The van der Waals surface area contributed by atoms with Crippen molar-refractivity contribution in [2.45, 2.75) is 52.4 Å². The first-order chi connectivity index (χ1) is 7.69. The Labute approximate surface area is 98.2 Å². The standard InChI is InChI=1S/C13H23NO2/c1-3-5-6-13(16)14-9-7-11(8-10-14)12(15)4-2/h11H,3-10H2,1-2H3. The molecule has 0 unspecified atom stereocenters. The van der Waals surface area contributed by atoms with E-state index in [9.17, 15) is 9.59 Å². The summed E-state index contributed by atoms with van der Waals surface area (Å²) in [6.07, 6.45) is 5.08. The minimum absolute atomic E-state index is 0.209. The Morgan fingerprint density at radius 1 is 1.19 bits per heavy atom. The van der Waals surface area contributed by atoms with Crippen molar-refractivity contribution in [3.8, 4) is 0 Å². The molecular weight excluding hydrogens is 202 g/mol. The number of Topliss-reactive ketones (excluding diaryl/α,β-unsaturated/α-hetero) is 1. The number of piperidine rings is 1. The second-order valence-corrected chi connectivity index (χ2v) is 4.58. The topological polar surface area (TPSA) is 37.4 Å². The van der Waals surface area contributed by atoms with Crippen molar-refractivity contribution in [2.24, 2.45) is 5.92 Å². The highest BCUT2D eigenvalue weighted by Crippen LogP contribution is 2.20. The number of hydrogen-bond donors (Lipinski definition) is 0. The molecule has 1 amide bonds. The maximum atomic E-state index is 11.7. The van der Waals surface area contributed by atoms with Crippen LogP contribution in [0.15, 0.2) is 0 Å². The van der Waals surface area contributed by atoms with Gasteiger partial charge in [0.2, 0.25) is 5.91 Å². The molecule has 0 aromatic rings. The number of likely N-dealkylation sites (tertiary alicyclic amines) is 1. The van der Waals surface area contributed by atoms with Crippen molar-refractivity contribution < 1.29 is 9.59 Å². The maximum Gasteiger partial charge on any atom is 0.222 e. The number of amides is 1. The molecule has 16 heavy (non-hydrogen) atoms. The van der Waals surface area contributed by atoms with Crippen LogP contribution in [0.3, 0.4) is 0 Å². The summed E-state index contributed by atoms with van der Waals surface area (Å²) < 4.78 is 0. The number of unbranched alkanes of at least 4 members (excludes halogenated alkanes) is 1. The molecule has 0 aromatic heterocycles. The van der Waals surface area contributed by atoms with E-state index in [0.717, 1.165) is 38.8 Å². The van der Waals surface area contributed by atoms with Gasteiger partial charge in [-0.2, -0.15) is 0 Å². The van der Waals surface area contributed by atoms with Gasteiger partial charge in [-0.25, -0.2) is 0 Å². The van der Waals surface area contributed by atoms with Gasteiger partial charge in [-0.3, -0.25) is 9.59 Å². The Hall–Kier alpha value is -0.860. The van der Waals surface area contributed by atoms with E-state index in [-0.39, 0.29) is 11.8 Å². The van der Waals surface area contributed by atoms with Crippen molar-refractivity contribution in [2.75, 3.05) is 13.1 Å². The van der Waals surface area contributed by atoms with Crippen LogP contribution in [0.1, 0.15) is 52.4 Å². The highest BCUT2D eigenvalue weighted by atomic mass is 16.2. The molecular formula is C13H23NO2. The molecule has 3 nitrogen and oxygen atoms in total. The van der Waals surface area contributed by atoms with Crippen LogP contribution in [0.4, 0.5) is 0 Å². The molecule has 92 valence electrons. The van der Waals surface area contributed by atoms with Crippen LogP contribution >= 0.6 is 0 Å². The molecule has 0 aromatic carbocycles. The molecule has 0 N–H and O–H groups in total. The molecule has 0 aliphatic carbocycles. The van der Waals surface area contributed by atoms with Gasteiger partial charge in [0, 0.05) is 31.8 Å². The Kier molecular flexibility index (Phi) is 5.50. The normalized spacial score (nSPS) is 17.5. The number of carbonyl (C=O) groups is 2. The largest absolute Gasteiger partial charge is 0.343 e. The highest BCUT2D eigenvalue weighted by Gasteiger charge is 2.25. The first kappa shape index (κ1) is 13.2. The summed E-state index contributed by atoms with van der Waals surface area (Å²) in [5, 5.41) is 0. The number of rotatable bonds is 5. The fourth-order valence-corrected chi connectivity index (χ4v) is 2.23. The zero-order valence-electron chi connectivity index (χ0n) is 10.5. The predicted octanol–water partition coefficient (Wildman–Crippen LogP) is 2.39. The van der Waals surface area contributed by atoms with E-state index in [1.54, 1.807) is 0 Å². The molecule has 1 heterocycles. The van der Waals surface area contributed by atoms with Gasteiger partial charge >= 0.3 is 0 Å². The smallest absolute Gasteiger partial charge is 0.222 e. The van der Waals surface area contributed by atoms with E-state index >= 15 is 0 Å². The summed E-state index contributed by atoms with van der Waals surface area (Å²) in [5.41, 5.74) is 0. The zero-order valence-corrected chi connectivity index (χ0v) is 10.5. The van der Waals surface area contributed by atoms with Gasteiger partial charge in [-0.05, 0) is 19.3 Å². The minimum Gasteiger partial charge on any atom is -0.343 e. The Balaban J connectivity index is 2.31. The third-order valence-corrected chi connectivity index (χ3v) is 3.40. The van der Waals surface area contributed by atoms with E-state index < -0.39 is 0 Å². The van der Waals surface area contributed by atoms with Crippen molar-refractivity contribution in [3.63, 3.8) is 0 Å². The first-order valence-electron chi connectivity index (χ1n) is 6.49. The predicted molar refractivity (Wildman–Crippen MR) is 64.1 cm³/mol. The molecule has 0 bridgehead atoms. The van der Waals surface area contributed by atoms with Gasteiger partial charge in [0.15, 0.2) is 0 Å². The summed E-state index contributed by atoms with van der Waals surface area (Å²) in [5.74, 6) is 0.838. The van der Waals surface area contributed by atoms with Gasteiger partial charge in [0.1, 0.15) is 5.78 Å². The molecule has 1 aliphatic heterocycles. The van der Waals surface area contributed by atoms with E-state index in [0.29, 0.717) is 18.6 Å². The number of hydrogen-bond acceptors (Lipinski definition) is 2. The van der Waals surface area contributed by atoms with E-state index in [2.05, 4.69) is 6.92 Å². The SMILES string of the molecule is CCCCC(=O)N1CCC(C(=O)CC)CC1. The molecule has 1 aliphatic rings. The average Bonchev–Trinajstić information content (AvgIpc) is 2.35. The molecule has 1 saturated heterocycles. The fourth-order valence-electron chi connectivity index (χ4n) is 2.23. The monoisotopic (exact) mass is 225 g/mol. The number of nitrogens with zero attached hydrogens (tertiary/aromatic N) is 1. The second kappa shape index (κ2) is 6.66. The highest BCUT2D eigenvalue weighted by molar-refractivity contribution is 5.81. The minimum atomic E-state index is 0.209. The maximum absolute atomic E-state index is 11.7. The lowest BCUT2D eigenvalue weighted by molar-refractivity contribution is -0.135. The first-order valence-corrected chi connectivity index (χ1v) is 6.49. The average molecular weight is 225 g/mol. The van der Waals surface area contributed by atoms with Crippen molar-refractivity contribution in [1.82, 2.24) is 4.90 Å². The zero-order chi connectivity index (χ0) is 12.0. The van der Waals surface area contributed by atoms with E-state index in [4.69, 9.17) is 0 Å². The third kappa shape index (κ3) is 3.62. The Morgan fingerprint density at radius 2 is 1.81 bits per heavy atom. The van der Waals surface area contributed by atoms with Gasteiger partial charge in [0.25, 0.3) is 0 Å². The molecule has 0 saturated carbocycles. The van der Waals surface area contributed by atoms with Crippen LogP contribution < -0.4 is 0 Å². The van der Waals surface area contributed by atoms with Crippen LogP contribution in [-0.2, 0) is 9.59 Å². The van der Waals surface area contributed by atoms with Crippen molar-refractivity contribution in [1.29, 1.82) is 0 Å². The molecule has 1 fully saturated rings. The molecule has 0 radical (unpaired) electrons. The lowest BCUT2D eigenvalue weighted by Gasteiger charge is -2.31. The van der Waals surface area contributed by atoms with Crippen molar-refractivity contribution >= 4 is 11.7 Å². The summed E-state index contributed by atoms with van der Waals surface area (Å²) >= 11 is 0. The van der Waals surface area contributed by atoms with Crippen LogP contribution in [0.5, 0.6) is 0 Å². The molecule has 0 atom stereocenters. The lowest BCUT2D eigenvalue weighted by Crippen LogP contribution is -2.40. The summed E-state index contributed by atoms with van der Waals surface area (Å²) in [6.45, 7) is 5.57. The molecule has 1 rings (SSSR count). The lowest BCUT2D eigenvalue weighted by atomic mass is 9.91. The van der Waals surface area contributed by atoms with Crippen molar-refractivity contribution in [3.05, 3.63) is 0 Å². The van der Waals surface area contributed by atoms with Crippen LogP contribution in [-0.4, -0.2) is 29.7 Å². The number of carbonyl (C=O) groups excluding carboxylic acids is 2. The van der Waals surface area contributed by atoms with Gasteiger partial charge in [0.05, 0.1) is 0 Å². The third-order valence-electron chi connectivity index (χ3n) is 3.40. The molecule has 3 heteroatoms.